The maximum Gasteiger partial charge on any atom is 0.417 e. The molecule has 60 heavy (non-hydrogen) atoms. The zero-order chi connectivity index (χ0) is 41.3. The summed E-state index contributed by atoms with van der Waals surface area (Å²) in [6.07, 6.45) is -10.3. The minimum atomic E-state index is -5.21. The second-order valence-electron chi connectivity index (χ2n) is 14.7. The van der Waals surface area contributed by atoms with Gasteiger partial charge in [-0.3, -0.25) is 0 Å². The third-order valence-corrected chi connectivity index (χ3v) is 11.2. The Bertz CT molecular complexity index is 3170. The molecule has 290 valence electrons. The van der Waals surface area contributed by atoms with E-state index < -0.39 is 29.0 Å². The smallest absolute Gasteiger partial charge is 0.308 e. The van der Waals surface area contributed by atoms with Crippen molar-refractivity contribution in [2.75, 3.05) is 0 Å². The molecule has 2 heterocycles. The number of hydrogen-bond acceptors (Lipinski definition) is 1. The van der Waals surface area contributed by atoms with Crippen molar-refractivity contribution in [1.82, 2.24) is 9.13 Å². The van der Waals surface area contributed by atoms with Crippen molar-refractivity contribution in [3.63, 3.8) is 0 Å². The largest absolute Gasteiger partial charge is 0.417 e. The Morgan fingerprint density at radius 2 is 0.850 bits per heavy atom. The first kappa shape index (κ1) is 36.7. The van der Waals surface area contributed by atoms with Crippen molar-refractivity contribution in [3.05, 3.63) is 193 Å². The highest BCUT2D eigenvalue weighted by atomic mass is 19.4. The van der Waals surface area contributed by atoms with Gasteiger partial charge in [-0.25, -0.2) is 0 Å². The van der Waals surface area contributed by atoms with Gasteiger partial charge < -0.3 is 9.13 Å². The summed E-state index contributed by atoms with van der Waals surface area (Å²) in [4.78, 5) is 0. The zero-order valence-electron chi connectivity index (χ0n) is 31.4. The van der Waals surface area contributed by atoms with E-state index in [2.05, 4.69) is 6.07 Å². The Balaban J connectivity index is 1.41. The van der Waals surface area contributed by atoms with Gasteiger partial charge in [-0.2, -0.15) is 31.6 Å². The summed E-state index contributed by atoms with van der Waals surface area (Å²) in [5, 5.41) is 13.9. The van der Waals surface area contributed by atoms with Gasteiger partial charge in [-0.1, -0.05) is 127 Å². The summed E-state index contributed by atoms with van der Waals surface area (Å²) in [6, 6.07) is 53.1. The third-order valence-electron chi connectivity index (χ3n) is 11.2. The molecule has 9 heteroatoms. The Morgan fingerprint density at radius 3 is 1.30 bits per heavy atom. The highest BCUT2D eigenvalue weighted by Crippen LogP contribution is 2.48. The molecule has 8 aromatic carbocycles. The zero-order valence-corrected chi connectivity index (χ0v) is 31.4. The number of nitriles is 1. The van der Waals surface area contributed by atoms with Crippen molar-refractivity contribution in [2.45, 2.75) is 12.4 Å². The number of nitrogens with zero attached hydrogens (tertiary/aromatic N) is 3. The molecule has 0 unspecified atom stereocenters. The van der Waals surface area contributed by atoms with Gasteiger partial charge in [-0.15, -0.1) is 0 Å². The molecule has 0 spiro atoms. The molecule has 0 amide bonds. The van der Waals surface area contributed by atoms with Gasteiger partial charge in [-0.05, 0) is 76.3 Å². The summed E-state index contributed by atoms with van der Waals surface area (Å²) >= 11 is 0. The first-order valence-electron chi connectivity index (χ1n) is 19.0. The van der Waals surface area contributed by atoms with Crippen molar-refractivity contribution >= 4 is 43.6 Å². The topological polar surface area (TPSA) is 33.6 Å². The van der Waals surface area contributed by atoms with Gasteiger partial charge in [0.1, 0.15) is 0 Å². The predicted molar refractivity (Wildman–Crippen MR) is 226 cm³/mol. The van der Waals surface area contributed by atoms with E-state index in [9.17, 15) is 18.4 Å². The van der Waals surface area contributed by atoms with Gasteiger partial charge in [0.05, 0.1) is 56.2 Å². The molecule has 0 fully saturated rings. The fraction of sp³-hybridized carbons (Fsp3) is 0.0392. The molecule has 0 N–H and O–H groups in total. The van der Waals surface area contributed by atoms with Gasteiger partial charge in [0.2, 0.25) is 0 Å². The summed E-state index contributed by atoms with van der Waals surface area (Å²) < 4.78 is 92.7. The van der Waals surface area contributed by atoms with Crippen LogP contribution in [0.3, 0.4) is 0 Å². The van der Waals surface area contributed by atoms with E-state index in [1.165, 1.54) is 12.1 Å². The molecule has 0 radical (unpaired) electrons. The summed E-state index contributed by atoms with van der Waals surface area (Å²) in [5.74, 6) is 0. The van der Waals surface area contributed by atoms with E-state index in [1.807, 2.05) is 155 Å². The van der Waals surface area contributed by atoms with Crippen LogP contribution in [0.2, 0.25) is 0 Å². The number of rotatable bonds is 5. The molecule has 0 saturated heterocycles. The number of fused-ring (bicyclic) bond motifs is 6. The Hall–Kier alpha value is -7.57. The van der Waals surface area contributed by atoms with Crippen LogP contribution in [0.4, 0.5) is 26.3 Å². The van der Waals surface area contributed by atoms with Crippen LogP contribution in [-0.4, -0.2) is 9.13 Å². The maximum atomic E-state index is 15.5. The lowest BCUT2D eigenvalue weighted by molar-refractivity contribution is -0.142. The normalized spacial score (nSPS) is 12.2. The van der Waals surface area contributed by atoms with Crippen molar-refractivity contribution in [1.29, 1.82) is 5.26 Å². The second-order valence-corrected chi connectivity index (χ2v) is 14.7. The number of hydrogen-bond donors (Lipinski definition) is 0. The minimum Gasteiger partial charge on any atom is -0.308 e. The quantitative estimate of drug-likeness (QED) is 0.160. The lowest BCUT2D eigenvalue weighted by Crippen LogP contribution is -2.14. The fourth-order valence-corrected chi connectivity index (χ4v) is 8.56. The Labute approximate surface area is 339 Å². The van der Waals surface area contributed by atoms with Crippen LogP contribution in [0.5, 0.6) is 0 Å². The average Bonchev–Trinajstić information content (AvgIpc) is 3.77. The van der Waals surface area contributed by atoms with E-state index in [4.69, 9.17) is 0 Å². The molecule has 0 aliphatic heterocycles. The number of para-hydroxylation sites is 2. The first-order valence-corrected chi connectivity index (χ1v) is 19.0. The number of benzene rings is 8. The molecule has 3 nitrogen and oxygen atoms in total. The van der Waals surface area contributed by atoms with E-state index >= 15 is 13.2 Å². The minimum absolute atomic E-state index is 0.00409. The predicted octanol–water partition coefficient (Wildman–Crippen LogP) is 14.8. The molecular formula is C51H29F6N3. The number of halogens is 6. The number of alkyl halides is 6. The lowest BCUT2D eigenvalue weighted by Gasteiger charge is -2.24. The molecule has 10 rings (SSSR count). The molecular weight excluding hydrogens is 769 g/mol. The summed E-state index contributed by atoms with van der Waals surface area (Å²) in [7, 11) is 0. The van der Waals surface area contributed by atoms with Gasteiger partial charge in [0.15, 0.2) is 0 Å². The van der Waals surface area contributed by atoms with Crippen LogP contribution < -0.4 is 0 Å². The van der Waals surface area contributed by atoms with Gasteiger partial charge in [0.25, 0.3) is 0 Å². The van der Waals surface area contributed by atoms with Gasteiger partial charge in [0, 0.05) is 27.1 Å². The fourth-order valence-electron chi connectivity index (χ4n) is 8.56. The molecule has 2 aromatic heterocycles. The van der Waals surface area contributed by atoms with Crippen LogP contribution in [-0.2, 0) is 12.4 Å². The van der Waals surface area contributed by atoms with Crippen molar-refractivity contribution in [3.8, 4) is 50.8 Å². The first-order chi connectivity index (χ1) is 29.0. The van der Waals surface area contributed by atoms with Crippen LogP contribution in [0.25, 0.3) is 88.4 Å². The van der Waals surface area contributed by atoms with Crippen molar-refractivity contribution < 1.29 is 26.3 Å². The molecule has 0 atom stereocenters. The molecule has 0 bridgehead atoms. The highest BCUT2D eigenvalue weighted by molar-refractivity contribution is 6.13. The Kier molecular flexibility index (Phi) is 8.44. The second kappa shape index (κ2) is 13.8. The summed E-state index contributed by atoms with van der Waals surface area (Å²) in [6.45, 7) is 0. The van der Waals surface area contributed by atoms with E-state index in [1.54, 1.807) is 0 Å². The van der Waals surface area contributed by atoms with Crippen LogP contribution in [0.1, 0.15) is 16.7 Å². The monoisotopic (exact) mass is 797 g/mol. The molecule has 0 aliphatic carbocycles. The molecule has 0 saturated carbocycles. The van der Waals surface area contributed by atoms with Gasteiger partial charge >= 0.3 is 12.4 Å². The summed E-state index contributed by atoms with van der Waals surface area (Å²) in [5.41, 5.74) is 3.19. The van der Waals surface area contributed by atoms with E-state index in [0.29, 0.717) is 28.1 Å². The lowest BCUT2D eigenvalue weighted by atomic mass is 9.92. The third kappa shape index (κ3) is 5.99. The van der Waals surface area contributed by atoms with E-state index in [0.717, 1.165) is 49.9 Å². The Morgan fingerprint density at radius 1 is 0.400 bits per heavy atom. The van der Waals surface area contributed by atoms with Crippen LogP contribution in [0.15, 0.2) is 176 Å². The van der Waals surface area contributed by atoms with Crippen molar-refractivity contribution in [2.24, 2.45) is 0 Å². The number of aromatic nitrogens is 2. The molecule has 10 aromatic rings. The van der Waals surface area contributed by atoms with E-state index in [-0.39, 0.29) is 28.6 Å². The highest BCUT2D eigenvalue weighted by Gasteiger charge is 2.40. The van der Waals surface area contributed by atoms with Crippen LogP contribution in [0, 0.1) is 11.3 Å². The SMILES string of the molecule is N#Cc1cc(-n2c3ccccc3c3ccc(-c4ccccc4)cc32)c(-c2ccc(C(F)(F)F)cc2C(F)(F)F)c(-n2c3ccccc3c3ccc(-c4ccccc4)cc32)c1. The molecule has 0 aliphatic rings. The average molecular weight is 798 g/mol. The van der Waals surface area contributed by atoms with Crippen LogP contribution >= 0.6 is 0 Å². The standard InChI is InChI=1S/C51H29F6N3/c52-50(53,54)36-21-24-41(42(29-36)51(55,56)57)49-47(59-43-17-9-7-15-37(43)39-22-19-34(27-45(39)59)32-11-3-1-4-12-32)25-31(30-58)26-48(49)60-44-18-10-8-16-38(44)40-23-20-35(28-46(40)60)33-13-5-2-6-14-33/h1-29H. The maximum absolute atomic E-state index is 15.5.